The van der Waals surface area contributed by atoms with Crippen LogP contribution < -0.4 is 11.1 Å². The summed E-state index contributed by atoms with van der Waals surface area (Å²) in [6.45, 7) is 2.25. The zero-order valence-electron chi connectivity index (χ0n) is 14.6. The number of aryl methyl sites for hydroxylation is 2. The van der Waals surface area contributed by atoms with Crippen LogP contribution >= 0.6 is 0 Å². The number of amides is 1. The summed E-state index contributed by atoms with van der Waals surface area (Å²) in [5, 5.41) is 2.44. The molecule has 28 heavy (non-hydrogen) atoms. The van der Waals surface area contributed by atoms with E-state index in [4.69, 9.17) is 5.73 Å². The van der Waals surface area contributed by atoms with Crippen LogP contribution in [0.2, 0.25) is 0 Å². The Labute approximate surface area is 155 Å². The maximum Gasteiger partial charge on any atom is 0.435 e. The Hall–Kier alpha value is -2.78. The van der Waals surface area contributed by atoms with Crippen LogP contribution in [0.1, 0.15) is 27.0 Å². The first-order valence-corrected chi connectivity index (χ1v) is 7.79. The summed E-state index contributed by atoms with van der Waals surface area (Å²) in [4.78, 5) is 12.4. The van der Waals surface area contributed by atoms with Gasteiger partial charge in [0.1, 0.15) is 0 Å². The minimum Gasteiger partial charge on any atom is -0.399 e. The number of nitrogens with one attached hydrogen (secondary N) is 1. The fourth-order valence-electron chi connectivity index (χ4n) is 2.82. The fraction of sp³-hybridized carbons (Fsp3) is 0.278. The summed E-state index contributed by atoms with van der Waals surface area (Å²) < 4.78 is 91.9. The smallest absolute Gasteiger partial charge is 0.399 e. The van der Waals surface area contributed by atoms with E-state index in [1.54, 1.807) is 6.07 Å². The van der Waals surface area contributed by atoms with Crippen LogP contribution in [0, 0.1) is 13.8 Å². The molecule has 0 saturated heterocycles. The predicted molar refractivity (Wildman–Crippen MR) is 89.6 cm³/mol. The third-order valence-electron chi connectivity index (χ3n) is 4.08. The van der Waals surface area contributed by atoms with Crippen LogP contribution in [0.25, 0.3) is 0 Å². The molecule has 0 atom stereocenters. The highest BCUT2D eigenvalue weighted by atomic mass is 19.4. The molecule has 0 aliphatic rings. The van der Waals surface area contributed by atoms with Gasteiger partial charge >= 0.3 is 18.0 Å². The van der Waals surface area contributed by atoms with Gasteiger partial charge in [-0.25, -0.2) is 4.39 Å². The zero-order valence-corrected chi connectivity index (χ0v) is 14.6. The lowest BCUT2D eigenvalue weighted by molar-refractivity contribution is -0.348. The van der Waals surface area contributed by atoms with E-state index in [2.05, 4.69) is 5.32 Å². The second-order valence-corrected chi connectivity index (χ2v) is 6.22. The number of rotatable bonds is 3. The standard InChI is InChI=1S/C18H15F7N2O/c1-9-6-11(16(19,17(20,21)22)18(23,24)25)7-10(2)14(9)15(28)27-13-5-3-4-12(26)8-13/h3-8H,26H2,1-2H3,(H,27,28). The van der Waals surface area contributed by atoms with Crippen molar-refractivity contribution >= 4 is 17.3 Å². The number of nitrogens with two attached hydrogens (primary N) is 1. The number of nitrogen functional groups attached to an aromatic ring is 1. The third kappa shape index (κ3) is 3.76. The fourth-order valence-corrected chi connectivity index (χ4v) is 2.82. The van der Waals surface area contributed by atoms with Gasteiger partial charge in [0.25, 0.3) is 5.91 Å². The first-order chi connectivity index (χ1) is 12.7. The van der Waals surface area contributed by atoms with Crippen LogP contribution in [0.15, 0.2) is 36.4 Å². The number of carbonyl (C=O) groups excluding carboxylic acids is 1. The average Bonchev–Trinajstić information content (AvgIpc) is 2.51. The Bertz CT molecular complexity index is 867. The van der Waals surface area contributed by atoms with Gasteiger partial charge in [0, 0.05) is 22.5 Å². The van der Waals surface area contributed by atoms with Crippen molar-refractivity contribution < 1.29 is 35.5 Å². The number of hydrogen-bond donors (Lipinski definition) is 2. The van der Waals surface area contributed by atoms with Gasteiger partial charge in [-0.2, -0.15) is 26.3 Å². The van der Waals surface area contributed by atoms with Crippen LogP contribution in [-0.2, 0) is 5.67 Å². The summed E-state index contributed by atoms with van der Waals surface area (Å²) in [6, 6.07) is 6.75. The van der Waals surface area contributed by atoms with Crippen molar-refractivity contribution in [1.82, 2.24) is 0 Å². The molecule has 0 bridgehead atoms. The molecule has 0 radical (unpaired) electrons. The van der Waals surface area contributed by atoms with E-state index >= 15 is 0 Å². The largest absolute Gasteiger partial charge is 0.435 e. The van der Waals surface area contributed by atoms with Gasteiger partial charge in [0.05, 0.1) is 0 Å². The Balaban J connectivity index is 2.51. The lowest BCUT2D eigenvalue weighted by Gasteiger charge is -2.31. The quantitative estimate of drug-likeness (QED) is 0.526. The van der Waals surface area contributed by atoms with Gasteiger partial charge < -0.3 is 11.1 Å². The first-order valence-electron chi connectivity index (χ1n) is 7.79. The number of hydrogen-bond acceptors (Lipinski definition) is 2. The van der Waals surface area contributed by atoms with E-state index in [9.17, 15) is 35.5 Å². The summed E-state index contributed by atoms with van der Waals surface area (Å²) >= 11 is 0. The highest BCUT2D eigenvalue weighted by Crippen LogP contribution is 2.53. The molecule has 2 rings (SSSR count). The molecule has 2 aromatic rings. The molecule has 3 N–H and O–H groups in total. The molecule has 2 aromatic carbocycles. The van der Waals surface area contributed by atoms with Crippen LogP contribution in [0.3, 0.4) is 0 Å². The van der Waals surface area contributed by atoms with Crippen molar-refractivity contribution in [1.29, 1.82) is 0 Å². The summed E-state index contributed by atoms with van der Waals surface area (Å²) in [5.74, 6) is -0.782. The number of carbonyl (C=O) groups is 1. The maximum absolute atomic E-state index is 14.3. The Morgan fingerprint density at radius 2 is 1.39 bits per heavy atom. The van der Waals surface area contributed by atoms with E-state index in [0.29, 0.717) is 17.8 Å². The third-order valence-corrected chi connectivity index (χ3v) is 4.08. The van der Waals surface area contributed by atoms with Crippen molar-refractivity contribution in [2.75, 3.05) is 11.1 Å². The minimum absolute atomic E-state index is 0.169. The van der Waals surface area contributed by atoms with Gasteiger partial charge in [-0.05, 0) is 43.2 Å². The molecule has 0 spiro atoms. The lowest BCUT2D eigenvalue weighted by Crippen LogP contribution is -2.50. The van der Waals surface area contributed by atoms with E-state index in [-0.39, 0.29) is 22.4 Å². The molecular formula is C18H15F7N2O. The van der Waals surface area contributed by atoms with Crippen LogP contribution in [0.4, 0.5) is 42.1 Å². The average molecular weight is 408 g/mol. The second kappa shape index (κ2) is 6.99. The topological polar surface area (TPSA) is 55.1 Å². The molecule has 3 nitrogen and oxygen atoms in total. The van der Waals surface area contributed by atoms with Gasteiger partial charge in [0.15, 0.2) is 0 Å². The van der Waals surface area contributed by atoms with Crippen LogP contribution in [-0.4, -0.2) is 18.3 Å². The highest BCUT2D eigenvalue weighted by molar-refractivity contribution is 6.06. The molecule has 0 aliphatic heterocycles. The van der Waals surface area contributed by atoms with Crippen molar-refractivity contribution in [3.63, 3.8) is 0 Å². The van der Waals surface area contributed by atoms with Crippen molar-refractivity contribution in [2.24, 2.45) is 0 Å². The SMILES string of the molecule is Cc1cc(C(F)(C(F)(F)F)C(F)(F)F)cc(C)c1C(=O)Nc1cccc(N)c1. The van der Waals surface area contributed by atoms with E-state index in [1.807, 2.05) is 0 Å². The number of halogens is 7. The van der Waals surface area contributed by atoms with Gasteiger partial charge in [0.2, 0.25) is 0 Å². The molecule has 1 amide bonds. The summed E-state index contributed by atoms with van der Waals surface area (Å²) in [6.07, 6.45) is -12.5. The molecule has 0 unspecified atom stereocenters. The van der Waals surface area contributed by atoms with Gasteiger partial charge in [-0.1, -0.05) is 18.2 Å². The monoisotopic (exact) mass is 408 g/mol. The Morgan fingerprint density at radius 1 is 0.893 bits per heavy atom. The molecule has 0 fully saturated rings. The summed E-state index contributed by atoms with van der Waals surface area (Å²) in [5.41, 5.74) is -1.66. The maximum atomic E-state index is 14.3. The Kier molecular flexibility index (Phi) is 5.37. The molecule has 0 heterocycles. The normalized spacial score (nSPS) is 12.8. The van der Waals surface area contributed by atoms with Crippen molar-refractivity contribution in [2.45, 2.75) is 31.9 Å². The summed E-state index contributed by atoms with van der Waals surface area (Å²) in [7, 11) is 0. The van der Waals surface area contributed by atoms with E-state index in [1.165, 1.54) is 18.2 Å². The minimum atomic E-state index is -6.23. The molecule has 10 heteroatoms. The second-order valence-electron chi connectivity index (χ2n) is 6.22. The van der Waals surface area contributed by atoms with Crippen LogP contribution in [0.5, 0.6) is 0 Å². The lowest BCUT2D eigenvalue weighted by atomic mass is 9.88. The number of anilines is 2. The molecule has 0 aromatic heterocycles. The van der Waals surface area contributed by atoms with E-state index < -0.39 is 29.5 Å². The van der Waals surface area contributed by atoms with Gasteiger partial charge in [-0.15, -0.1) is 0 Å². The Morgan fingerprint density at radius 3 is 1.82 bits per heavy atom. The number of benzene rings is 2. The van der Waals surface area contributed by atoms with Crippen molar-refractivity contribution in [3.8, 4) is 0 Å². The zero-order chi connectivity index (χ0) is 21.5. The molecule has 152 valence electrons. The highest BCUT2D eigenvalue weighted by Gasteiger charge is 2.73. The first kappa shape index (κ1) is 21.5. The number of alkyl halides is 7. The molecule has 0 aliphatic carbocycles. The molecule has 0 saturated carbocycles. The van der Waals surface area contributed by atoms with E-state index in [0.717, 1.165) is 13.8 Å². The predicted octanol–water partition coefficient (Wildman–Crippen LogP) is 5.43. The van der Waals surface area contributed by atoms with Gasteiger partial charge in [-0.3, -0.25) is 4.79 Å². The molecular weight excluding hydrogens is 393 g/mol. The van der Waals surface area contributed by atoms with Crippen molar-refractivity contribution in [3.05, 3.63) is 58.7 Å².